The van der Waals surface area contributed by atoms with Crippen LogP contribution in [0.3, 0.4) is 0 Å². The van der Waals surface area contributed by atoms with Crippen LogP contribution < -0.4 is 10.2 Å². The number of hydrogen-bond acceptors (Lipinski definition) is 5. The Morgan fingerprint density at radius 1 is 1.13 bits per heavy atom. The summed E-state index contributed by atoms with van der Waals surface area (Å²) in [6.07, 6.45) is 2.23. The molecule has 1 N–H and O–H groups in total. The largest absolute Gasteiger partial charge is 0.323 e. The zero-order valence-electron chi connectivity index (χ0n) is 16.5. The highest BCUT2D eigenvalue weighted by Crippen LogP contribution is 2.41. The van der Waals surface area contributed by atoms with Crippen LogP contribution in [-0.4, -0.2) is 38.4 Å². The fraction of sp³-hybridized carbons (Fsp3) is 0.273. The van der Waals surface area contributed by atoms with Gasteiger partial charge in [0.25, 0.3) is 0 Å². The highest BCUT2D eigenvalue weighted by atomic mass is 32.2. The Kier molecular flexibility index (Phi) is 4.78. The lowest BCUT2D eigenvalue weighted by atomic mass is 10.2. The van der Waals surface area contributed by atoms with Gasteiger partial charge in [0.05, 0.1) is 22.3 Å². The normalized spacial score (nSPS) is 16.7. The van der Waals surface area contributed by atoms with Crippen LogP contribution in [0.1, 0.15) is 31.5 Å². The van der Waals surface area contributed by atoms with Gasteiger partial charge in [-0.2, -0.15) is 0 Å². The number of rotatable bonds is 5. The first-order valence-electron chi connectivity index (χ1n) is 9.99. The summed E-state index contributed by atoms with van der Waals surface area (Å²) in [5.74, 6) is 1.05. The lowest BCUT2D eigenvalue weighted by molar-refractivity contribution is -0.121. The number of para-hydroxylation sites is 3. The van der Waals surface area contributed by atoms with Crippen molar-refractivity contribution in [3.63, 3.8) is 0 Å². The molecule has 2 aromatic carbocycles. The Labute approximate surface area is 178 Å². The molecule has 0 unspecified atom stereocenters. The van der Waals surface area contributed by atoms with Crippen LogP contribution in [0, 0.1) is 0 Å². The maximum Gasteiger partial charge on any atom is 0.244 e. The maximum atomic E-state index is 13.2. The summed E-state index contributed by atoms with van der Waals surface area (Å²) in [5, 5.41) is 7.65. The van der Waals surface area contributed by atoms with Gasteiger partial charge in [-0.25, -0.2) is 9.67 Å². The summed E-state index contributed by atoms with van der Waals surface area (Å²) in [6.45, 7) is 1.85. The summed E-state index contributed by atoms with van der Waals surface area (Å²) >= 11 is 1.33. The molecule has 2 amide bonds. The molecule has 7 nitrogen and oxygen atoms in total. The third-order valence-electron chi connectivity index (χ3n) is 5.22. The second-order valence-corrected chi connectivity index (χ2v) is 8.83. The van der Waals surface area contributed by atoms with Crippen molar-refractivity contribution in [3.05, 3.63) is 60.4 Å². The molecule has 0 bridgehead atoms. The van der Waals surface area contributed by atoms with E-state index >= 15 is 0 Å². The molecule has 152 valence electrons. The van der Waals surface area contributed by atoms with Gasteiger partial charge in [0.1, 0.15) is 12.4 Å². The molecule has 3 aromatic rings. The van der Waals surface area contributed by atoms with E-state index in [0.717, 1.165) is 30.0 Å². The quantitative estimate of drug-likeness (QED) is 0.639. The van der Waals surface area contributed by atoms with Crippen molar-refractivity contribution in [2.24, 2.45) is 0 Å². The minimum Gasteiger partial charge on any atom is -0.323 e. The highest BCUT2D eigenvalue weighted by molar-refractivity contribution is 8.00. The fourth-order valence-corrected chi connectivity index (χ4v) is 4.40. The zero-order valence-corrected chi connectivity index (χ0v) is 17.3. The molecule has 1 atom stereocenters. The number of fused-ring (bicyclic) bond motifs is 1. The topological polar surface area (TPSA) is 80.1 Å². The number of carbonyl (C=O) groups excluding carboxylic acids is 2. The van der Waals surface area contributed by atoms with Crippen molar-refractivity contribution < 1.29 is 9.59 Å². The molecular formula is C22H21N5O2S. The van der Waals surface area contributed by atoms with Gasteiger partial charge in [-0.1, -0.05) is 42.1 Å². The van der Waals surface area contributed by atoms with E-state index in [0.29, 0.717) is 16.8 Å². The molecule has 5 rings (SSSR count). The number of hydrogen-bond donors (Lipinski definition) is 1. The van der Waals surface area contributed by atoms with Crippen LogP contribution in [0.25, 0.3) is 5.69 Å². The molecule has 2 heterocycles. The second-order valence-electron chi connectivity index (χ2n) is 7.52. The van der Waals surface area contributed by atoms with Crippen LogP contribution in [0.5, 0.6) is 0 Å². The first-order valence-corrected chi connectivity index (χ1v) is 10.9. The molecule has 0 radical (unpaired) electrons. The van der Waals surface area contributed by atoms with Gasteiger partial charge in [0, 0.05) is 5.92 Å². The molecule has 1 fully saturated rings. The third kappa shape index (κ3) is 3.59. The number of thioether (sulfide) groups is 1. The average Bonchev–Trinajstić information content (AvgIpc) is 3.53. The number of benzene rings is 2. The Hall–Kier alpha value is -3.13. The lowest BCUT2D eigenvalue weighted by Gasteiger charge is -2.30. The van der Waals surface area contributed by atoms with Gasteiger partial charge < -0.3 is 5.32 Å². The lowest BCUT2D eigenvalue weighted by Crippen LogP contribution is -2.45. The van der Waals surface area contributed by atoms with Gasteiger partial charge in [0.15, 0.2) is 0 Å². The standard InChI is InChI=1S/C22H21N5O2S/c1-14(21(29)26-13-19(28)23-17-9-5-6-10-18(17)26)30-22-24-20(15-11-12-15)27(25-22)16-7-3-2-4-8-16/h2-10,14-15H,11-13H2,1H3,(H,23,28)/t14-/m0/s1. The van der Waals surface area contributed by atoms with Gasteiger partial charge >= 0.3 is 0 Å². The Bertz CT molecular complexity index is 1110. The van der Waals surface area contributed by atoms with Crippen LogP contribution >= 0.6 is 11.8 Å². The second kappa shape index (κ2) is 7.60. The van der Waals surface area contributed by atoms with E-state index in [4.69, 9.17) is 4.98 Å². The minimum absolute atomic E-state index is 0.0138. The molecule has 1 aliphatic heterocycles. The van der Waals surface area contributed by atoms with Crippen molar-refractivity contribution in [1.82, 2.24) is 14.8 Å². The molecule has 2 aliphatic rings. The summed E-state index contributed by atoms with van der Waals surface area (Å²) in [7, 11) is 0. The third-order valence-corrected chi connectivity index (χ3v) is 6.16. The van der Waals surface area contributed by atoms with Gasteiger partial charge in [-0.05, 0) is 44.0 Å². The molecule has 8 heteroatoms. The number of aromatic nitrogens is 3. The predicted octanol–water partition coefficient (Wildman–Crippen LogP) is 3.61. The molecule has 1 aliphatic carbocycles. The molecule has 0 saturated heterocycles. The Balaban J connectivity index is 1.39. The van der Waals surface area contributed by atoms with E-state index in [2.05, 4.69) is 10.4 Å². The average molecular weight is 420 g/mol. The van der Waals surface area contributed by atoms with Crippen LogP contribution in [0.2, 0.25) is 0 Å². The van der Waals surface area contributed by atoms with Crippen molar-refractivity contribution in [1.29, 1.82) is 0 Å². The molecule has 1 aromatic heterocycles. The minimum atomic E-state index is -0.428. The molecule has 1 saturated carbocycles. The first-order chi connectivity index (χ1) is 14.6. The fourth-order valence-electron chi connectivity index (χ4n) is 3.58. The molecule has 30 heavy (non-hydrogen) atoms. The maximum absolute atomic E-state index is 13.2. The summed E-state index contributed by atoms with van der Waals surface area (Å²) < 4.78 is 1.89. The number of carbonyl (C=O) groups is 2. The Morgan fingerprint density at radius 3 is 2.63 bits per heavy atom. The monoisotopic (exact) mass is 419 g/mol. The summed E-state index contributed by atoms with van der Waals surface area (Å²) in [5.41, 5.74) is 2.34. The predicted molar refractivity (Wildman–Crippen MR) is 116 cm³/mol. The number of nitrogens with zero attached hydrogens (tertiary/aromatic N) is 4. The van der Waals surface area contributed by atoms with Crippen molar-refractivity contribution in [2.45, 2.75) is 36.1 Å². The first kappa shape index (κ1) is 18.9. The van der Waals surface area contributed by atoms with Gasteiger partial charge in [-0.3, -0.25) is 14.5 Å². The van der Waals surface area contributed by atoms with E-state index in [9.17, 15) is 9.59 Å². The van der Waals surface area contributed by atoms with Crippen LogP contribution in [0.4, 0.5) is 11.4 Å². The zero-order chi connectivity index (χ0) is 20.7. The molecule has 0 spiro atoms. The number of amides is 2. The van der Waals surface area contributed by atoms with Crippen LogP contribution in [0.15, 0.2) is 59.8 Å². The number of nitrogens with one attached hydrogen (secondary N) is 1. The van der Waals surface area contributed by atoms with Crippen molar-refractivity contribution in [3.8, 4) is 5.69 Å². The van der Waals surface area contributed by atoms with Gasteiger partial charge in [0.2, 0.25) is 17.0 Å². The van der Waals surface area contributed by atoms with E-state index in [1.807, 2.05) is 60.1 Å². The van der Waals surface area contributed by atoms with E-state index in [1.165, 1.54) is 11.8 Å². The van der Waals surface area contributed by atoms with E-state index in [-0.39, 0.29) is 18.4 Å². The van der Waals surface area contributed by atoms with E-state index in [1.54, 1.807) is 11.0 Å². The van der Waals surface area contributed by atoms with Crippen molar-refractivity contribution >= 4 is 35.0 Å². The number of anilines is 2. The van der Waals surface area contributed by atoms with Crippen LogP contribution in [-0.2, 0) is 9.59 Å². The Morgan fingerprint density at radius 2 is 1.87 bits per heavy atom. The van der Waals surface area contributed by atoms with Gasteiger partial charge in [-0.15, -0.1) is 5.10 Å². The smallest absolute Gasteiger partial charge is 0.244 e. The van der Waals surface area contributed by atoms with E-state index < -0.39 is 5.25 Å². The highest BCUT2D eigenvalue weighted by Gasteiger charge is 2.33. The molecular weight excluding hydrogens is 398 g/mol. The summed E-state index contributed by atoms with van der Waals surface area (Å²) in [4.78, 5) is 31.5. The SMILES string of the molecule is C[C@H](Sc1nc(C2CC2)n(-c2ccccc2)n1)C(=O)N1CC(=O)Nc2ccccc21. The summed E-state index contributed by atoms with van der Waals surface area (Å²) in [6, 6.07) is 17.3. The van der Waals surface area contributed by atoms with Crippen molar-refractivity contribution in [2.75, 3.05) is 16.8 Å².